The van der Waals surface area contributed by atoms with Gasteiger partial charge in [-0.05, 0) is 12.8 Å². The Morgan fingerprint density at radius 2 is 1.04 bits per heavy atom. The van der Waals surface area contributed by atoms with Gasteiger partial charge in [-0.3, -0.25) is 0 Å². The van der Waals surface area contributed by atoms with Crippen molar-refractivity contribution in [2.24, 2.45) is 10.8 Å². The lowest BCUT2D eigenvalue weighted by Crippen LogP contribution is -2.70. The quantitative estimate of drug-likeness (QED) is 0.718. The van der Waals surface area contributed by atoms with Gasteiger partial charge in [0.2, 0.25) is 0 Å². The molecule has 0 aromatic rings. The van der Waals surface area contributed by atoms with Crippen LogP contribution in [0.15, 0.2) is 48.6 Å². The summed E-state index contributed by atoms with van der Waals surface area (Å²) in [5.41, 5.74) is 0.418. The van der Waals surface area contributed by atoms with Gasteiger partial charge in [0, 0.05) is 22.9 Å². The van der Waals surface area contributed by atoms with Crippen molar-refractivity contribution >= 4 is 16.5 Å². The molecule has 3 rings (SSSR count). The average molecular weight is 359 g/mol. The Balaban J connectivity index is 1.97. The summed E-state index contributed by atoms with van der Waals surface area (Å²) in [6.07, 6.45) is 21.4. The van der Waals surface area contributed by atoms with E-state index in [1.54, 1.807) is 0 Å². The first-order valence-corrected chi connectivity index (χ1v) is 16.4. The molecule has 24 heavy (non-hydrogen) atoms. The molecule has 0 heterocycles. The Morgan fingerprint density at radius 1 is 0.667 bits per heavy atom. The highest BCUT2D eigenvalue weighted by Crippen LogP contribution is 2.64. The third-order valence-electron chi connectivity index (χ3n) is 5.72. The van der Waals surface area contributed by atoms with Gasteiger partial charge in [0.1, 0.15) is 16.5 Å². The topological polar surface area (TPSA) is 24.1 Å². The largest absolute Gasteiger partial charge is 0.331 e. The van der Waals surface area contributed by atoms with Crippen LogP contribution in [0.5, 0.6) is 0 Å². The van der Waals surface area contributed by atoms with Gasteiger partial charge in [-0.25, -0.2) is 0 Å². The minimum atomic E-state index is -1.35. The molecule has 2 spiro atoms. The van der Waals surface area contributed by atoms with Gasteiger partial charge in [0.15, 0.2) is 0 Å². The van der Waals surface area contributed by atoms with E-state index >= 15 is 0 Å². The third kappa shape index (κ3) is 3.09. The zero-order valence-corrected chi connectivity index (χ0v) is 18.2. The second-order valence-electron chi connectivity index (χ2n) is 9.81. The Morgan fingerprint density at radius 3 is 1.33 bits per heavy atom. The number of hydrogen-bond donors (Lipinski definition) is 2. The molecule has 0 saturated heterocycles. The number of rotatable bonds is 4. The summed E-state index contributed by atoms with van der Waals surface area (Å²) >= 11 is 0. The van der Waals surface area contributed by atoms with Gasteiger partial charge < -0.3 is 9.96 Å². The molecule has 3 aliphatic rings. The minimum Gasteiger partial charge on any atom is -0.331 e. The molecule has 4 atom stereocenters. The van der Waals surface area contributed by atoms with Crippen LogP contribution < -0.4 is 9.96 Å². The summed E-state index contributed by atoms with van der Waals surface area (Å²) < 4.78 is 0. The maximum Gasteiger partial charge on any atom is 0.116 e. The summed E-state index contributed by atoms with van der Waals surface area (Å²) in [5, 5.41) is 0. The number of fused-ring (bicyclic) bond motifs is 1. The first kappa shape index (κ1) is 18.1. The lowest BCUT2D eigenvalue weighted by Gasteiger charge is -2.65. The van der Waals surface area contributed by atoms with Crippen molar-refractivity contribution in [3.8, 4) is 0 Å². The molecule has 1 fully saturated rings. The molecule has 2 nitrogen and oxygen atoms in total. The molecule has 4 unspecified atom stereocenters. The highest BCUT2D eigenvalue weighted by atomic mass is 28.3. The van der Waals surface area contributed by atoms with Crippen molar-refractivity contribution in [1.29, 1.82) is 0 Å². The van der Waals surface area contributed by atoms with Crippen molar-refractivity contribution < 1.29 is 0 Å². The van der Waals surface area contributed by atoms with E-state index in [4.69, 9.17) is 0 Å². The Bertz CT molecular complexity index is 552. The zero-order valence-electron chi connectivity index (χ0n) is 16.2. The Hall–Kier alpha value is -0.686. The predicted molar refractivity (Wildman–Crippen MR) is 111 cm³/mol. The molecular weight excluding hydrogens is 324 g/mol. The molecule has 0 radical (unpaired) electrons. The van der Waals surface area contributed by atoms with E-state index in [-0.39, 0.29) is 10.8 Å². The van der Waals surface area contributed by atoms with E-state index in [2.05, 4.69) is 97.9 Å². The van der Waals surface area contributed by atoms with Crippen molar-refractivity contribution in [3.63, 3.8) is 0 Å². The summed E-state index contributed by atoms with van der Waals surface area (Å²) in [6.45, 7) is 14.5. The average Bonchev–Trinajstić information content (AvgIpc) is 2.44. The zero-order chi connectivity index (χ0) is 17.6. The van der Waals surface area contributed by atoms with Gasteiger partial charge in [-0.2, -0.15) is 0 Å². The fourth-order valence-electron chi connectivity index (χ4n) is 4.71. The van der Waals surface area contributed by atoms with Crippen molar-refractivity contribution in [2.45, 2.75) is 64.2 Å². The van der Waals surface area contributed by atoms with Gasteiger partial charge in [0.05, 0.1) is 0 Å². The summed E-state index contributed by atoms with van der Waals surface area (Å²) in [7, 11) is -2.71. The maximum atomic E-state index is 4.03. The van der Waals surface area contributed by atoms with E-state index in [0.29, 0.717) is 12.1 Å². The highest BCUT2D eigenvalue weighted by molar-refractivity contribution is 6.74. The number of nitrogens with one attached hydrogen (secondary N) is 2. The third-order valence-corrected chi connectivity index (χ3v) is 8.08. The van der Waals surface area contributed by atoms with Crippen LogP contribution in [0.1, 0.15) is 12.8 Å². The van der Waals surface area contributed by atoms with Gasteiger partial charge in [0.25, 0.3) is 0 Å². The van der Waals surface area contributed by atoms with Crippen LogP contribution >= 0.6 is 0 Å². The fraction of sp³-hybridized carbons (Fsp3) is 0.600. The molecule has 0 bridgehead atoms. The van der Waals surface area contributed by atoms with Crippen LogP contribution in [0.3, 0.4) is 0 Å². The number of hydrogen-bond acceptors (Lipinski definition) is 2. The van der Waals surface area contributed by atoms with E-state index < -0.39 is 16.5 Å². The lowest BCUT2D eigenvalue weighted by atomic mass is 9.43. The highest BCUT2D eigenvalue weighted by Gasteiger charge is 2.63. The summed E-state index contributed by atoms with van der Waals surface area (Å²) in [5.74, 6) is 0. The minimum absolute atomic E-state index is 0.209. The standard InChI is InChI=1S/C20H34N2Si2/c1-23(2,3)21-17-11-7-9-13-19(17)15-16-20(19)14-10-8-12-18(20)22-24(4,5)6/h7-14,17-18,21-22H,15-16H2,1-6H3. The molecule has 132 valence electrons. The molecule has 2 N–H and O–H groups in total. The van der Waals surface area contributed by atoms with E-state index in [1.807, 2.05) is 0 Å². The first-order valence-electron chi connectivity index (χ1n) is 9.36. The SMILES string of the molecule is C[Si](C)(C)NC1C=CC=CC12CCC21C=CC=CC1N[Si](C)(C)C. The summed E-state index contributed by atoms with van der Waals surface area (Å²) in [4.78, 5) is 8.06. The van der Waals surface area contributed by atoms with Crippen molar-refractivity contribution in [2.75, 3.05) is 0 Å². The Labute approximate surface area is 150 Å². The smallest absolute Gasteiger partial charge is 0.116 e. The van der Waals surface area contributed by atoms with Gasteiger partial charge in [-0.15, -0.1) is 0 Å². The predicted octanol–water partition coefficient (Wildman–Crippen LogP) is 4.59. The van der Waals surface area contributed by atoms with Crippen LogP contribution in [0.2, 0.25) is 39.3 Å². The second kappa shape index (κ2) is 5.94. The molecule has 0 aromatic heterocycles. The monoisotopic (exact) mass is 358 g/mol. The van der Waals surface area contributed by atoms with E-state index in [0.717, 1.165) is 0 Å². The van der Waals surface area contributed by atoms with Crippen LogP contribution in [0, 0.1) is 10.8 Å². The van der Waals surface area contributed by atoms with Crippen LogP contribution in [-0.2, 0) is 0 Å². The van der Waals surface area contributed by atoms with Crippen molar-refractivity contribution in [3.05, 3.63) is 48.6 Å². The van der Waals surface area contributed by atoms with E-state index in [1.165, 1.54) is 12.8 Å². The summed E-state index contributed by atoms with van der Waals surface area (Å²) in [6, 6.07) is 0.898. The molecular formula is C20H34N2Si2. The normalized spacial score (nSPS) is 38.1. The molecule has 0 aromatic carbocycles. The molecule has 1 saturated carbocycles. The first-order chi connectivity index (χ1) is 11.1. The van der Waals surface area contributed by atoms with Crippen LogP contribution in [-0.4, -0.2) is 28.6 Å². The molecule has 0 amide bonds. The second-order valence-corrected chi connectivity index (χ2v) is 19.4. The maximum absolute atomic E-state index is 4.03. The Kier molecular flexibility index (Phi) is 4.48. The molecule has 3 aliphatic carbocycles. The van der Waals surface area contributed by atoms with Gasteiger partial charge >= 0.3 is 0 Å². The van der Waals surface area contributed by atoms with Crippen molar-refractivity contribution in [1.82, 2.24) is 9.96 Å². The molecule has 4 heteroatoms. The van der Waals surface area contributed by atoms with Crippen LogP contribution in [0.25, 0.3) is 0 Å². The van der Waals surface area contributed by atoms with Gasteiger partial charge in [-0.1, -0.05) is 87.9 Å². The lowest BCUT2D eigenvalue weighted by molar-refractivity contribution is -0.0271. The number of allylic oxidation sites excluding steroid dienone is 4. The fourth-order valence-corrected chi connectivity index (χ4v) is 7.29. The molecule has 0 aliphatic heterocycles. The van der Waals surface area contributed by atoms with E-state index in [9.17, 15) is 0 Å². The van der Waals surface area contributed by atoms with Crippen LogP contribution in [0.4, 0.5) is 0 Å².